The van der Waals surface area contributed by atoms with Gasteiger partial charge in [0.15, 0.2) is 11.6 Å². The van der Waals surface area contributed by atoms with Crippen LogP contribution >= 0.6 is 0 Å². The van der Waals surface area contributed by atoms with Crippen LogP contribution in [0.2, 0.25) is 0 Å². The summed E-state index contributed by atoms with van der Waals surface area (Å²) in [5, 5.41) is 6.15. The van der Waals surface area contributed by atoms with E-state index in [0.29, 0.717) is 18.2 Å². The molecule has 1 atom stereocenters. The Kier molecular flexibility index (Phi) is 4.85. The van der Waals surface area contributed by atoms with Crippen LogP contribution < -0.4 is 10.6 Å². The molecule has 5 heteroatoms. The lowest BCUT2D eigenvalue weighted by molar-refractivity contribution is -0.120. The lowest BCUT2D eigenvalue weighted by atomic mass is 10.1. The van der Waals surface area contributed by atoms with Gasteiger partial charge in [0.1, 0.15) is 0 Å². The fraction of sp³-hybridized carbons (Fsp3) is 0.500. The Morgan fingerprint density at radius 2 is 2.21 bits per heavy atom. The maximum absolute atomic E-state index is 13.0. The van der Waals surface area contributed by atoms with Crippen LogP contribution in [-0.2, 0) is 11.2 Å². The van der Waals surface area contributed by atoms with Gasteiger partial charge in [-0.3, -0.25) is 4.79 Å². The van der Waals surface area contributed by atoms with Crippen LogP contribution in [0.4, 0.5) is 8.78 Å². The van der Waals surface area contributed by atoms with Gasteiger partial charge in [-0.1, -0.05) is 6.07 Å². The summed E-state index contributed by atoms with van der Waals surface area (Å²) < 4.78 is 25.7. The van der Waals surface area contributed by atoms with E-state index in [-0.39, 0.29) is 12.3 Å². The third-order valence-electron chi connectivity index (χ3n) is 3.33. The summed E-state index contributed by atoms with van der Waals surface area (Å²) in [6.45, 7) is 1.66. The zero-order valence-electron chi connectivity index (χ0n) is 10.7. The number of nitrogens with one attached hydrogen (secondary N) is 2. The molecule has 0 aliphatic carbocycles. The third kappa shape index (κ3) is 4.28. The van der Waals surface area contributed by atoms with Gasteiger partial charge in [-0.2, -0.15) is 0 Å². The Morgan fingerprint density at radius 1 is 1.37 bits per heavy atom. The molecule has 2 N–H and O–H groups in total. The van der Waals surface area contributed by atoms with Crippen LogP contribution in [-0.4, -0.2) is 25.0 Å². The lowest BCUT2D eigenvalue weighted by Gasteiger charge is -2.10. The number of carbonyl (C=O) groups excluding carboxylic acids is 1. The molecule has 0 saturated carbocycles. The molecule has 2 rings (SSSR count). The first-order valence-corrected chi connectivity index (χ1v) is 6.59. The summed E-state index contributed by atoms with van der Waals surface area (Å²) in [7, 11) is 0. The van der Waals surface area contributed by atoms with Crippen molar-refractivity contribution in [2.75, 3.05) is 13.1 Å². The van der Waals surface area contributed by atoms with Crippen molar-refractivity contribution in [2.24, 2.45) is 0 Å². The second-order valence-corrected chi connectivity index (χ2v) is 4.86. The molecule has 104 valence electrons. The Bertz CT molecular complexity index is 445. The second kappa shape index (κ2) is 6.61. The average Bonchev–Trinajstić information content (AvgIpc) is 2.87. The summed E-state index contributed by atoms with van der Waals surface area (Å²) in [4.78, 5) is 11.6. The predicted molar refractivity (Wildman–Crippen MR) is 68.7 cm³/mol. The number of amides is 1. The Labute approximate surface area is 111 Å². The van der Waals surface area contributed by atoms with Crippen LogP contribution in [0.25, 0.3) is 0 Å². The van der Waals surface area contributed by atoms with Crippen LogP contribution in [0.1, 0.15) is 24.8 Å². The molecule has 1 aromatic rings. The predicted octanol–water partition coefficient (Wildman–Crippen LogP) is 1.77. The molecule has 1 saturated heterocycles. The molecule has 0 radical (unpaired) electrons. The molecule has 1 fully saturated rings. The van der Waals surface area contributed by atoms with Gasteiger partial charge in [0.2, 0.25) is 5.91 Å². The largest absolute Gasteiger partial charge is 0.356 e. The van der Waals surface area contributed by atoms with E-state index < -0.39 is 11.6 Å². The van der Waals surface area contributed by atoms with Crippen molar-refractivity contribution in [3.8, 4) is 0 Å². The molecule has 1 amide bonds. The number of carbonyl (C=O) groups is 1. The van der Waals surface area contributed by atoms with Gasteiger partial charge in [-0.25, -0.2) is 8.78 Å². The minimum Gasteiger partial charge on any atom is -0.356 e. The van der Waals surface area contributed by atoms with Crippen LogP contribution in [0, 0.1) is 11.6 Å². The summed E-state index contributed by atoms with van der Waals surface area (Å²) in [6, 6.07) is 4.02. The highest BCUT2D eigenvalue weighted by Gasteiger charge is 2.13. The number of rotatable bonds is 5. The Balaban J connectivity index is 1.72. The molecule has 0 bridgehead atoms. The van der Waals surface area contributed by atoms with Crippen molar-refractivity contribution >= 4 is 5.91 Å². The number of hydrogen-bond acceptors (Lipinski definition) is 2. The molecule has 1 aromatic carbocycles. The maximum Gasteiger partial charge on any atom is 0.224 e. The SMILES string of the molecule is O=C(Cc1ccc(F)c(F)c1)NCCC1CCCN1. The van der Waals surface area contributed by atoms with Crippen molar-refractivity contribution in [1.29, 1.82) is 0 Å². The lowest BCUT2D eigenvalue weighted by Crippen LogP contribution is -2.31. The molecule has 0 aromatic heterocycles. The molecular weight excluding hydrogens is 250 g/mol. The minimum absolute atomic E-state index is 0.0787. The highest BCUT2D eigenvalue weighted by molar-refractivity contribution is 5.78. The van der Waals surface area contributed by atoms with Crippen LogP contribution in [0.15, 0.2) is 18.2 Å². The summed E-state index contributed by atoms with van der Waals surface area (Å²) >= 11 is 0. The smallest absolute Gasteiger partial charge is 0.224 e. The molecule has 1 aliphatic rings. The fourth-order valence-electron chi connectivity index (χ4n) is 2.29. The highest BCUT2D eigenvalue weighted by Crippen LogP contribution is 2.10. The van der Waals surface area contributed by atoms with E-state index in [1.165, 1.54) is 12.5 Å². The summed E-state index contributed by atoms with van der Waals surface area (Å²) in [5.41, 5.74) is 0.482. The first-order chi connectivity index (χ1) is 9.15. The third-order valence-corrected chi connectivity index (χ3v) is 3.33. The molecule has 1 aliphatic heterocycles. The van der Waals surface area contributed by atoms with Gasteiger partial charge in [-0.15, -0.1) is 0 Å². The Morgan fingerprint density at radius 3 is 2.89 bits per heavy atom. The van der Waals surface area contributed by atoms with Crippen LogP contribution in [0.5, 0.6) is 0 Å². The van der Waals surface area contributed by atoms with E-state index in [1.54, 1.807) is 0 Å². The van der Waals surface area contributed by atoms with E-state index in [2.05, 4.69) is 10.6 Å². The number of hydrogen-bond donors (Lipinski definition) is 2. The van der Waals surface area contributed by atoms with E-state index in [4.69, 9.17) is 0 Å². The maximum atomic E-state index is 13.0. The Hall–Kier alpha value is -1.49. The van der Waals surface area contributed by atoms with Gasteiger partial charge in [0.25, 0.3) is 0 Å². The second-order valence-electron chi connectivity index (χ2n) is 4.86. The van der Waals surface area contributed by atoms with E-state index in [1.807, 2.05) is 0 Å². The van der Waals surface area contributed by atoms with Gasteiger partial charge in [0, 0.05) is 12.6 Å². The van der Waals surface area contributed by atoms with E-state index in [0.717, 1.165) is 31.5 Å². The topological polar surface area (TPSA) is 41.1 Å². The van der Waals surface area contributed by atoms with E-state index >= 15 is 0 Å². The van der Waals surface area contributed by atoms with Crippen molar-refractivity contribution < 1.29 is 13.6 Å². The number of halogens is 2. The molecule has 1 heterocycles. The minimum atomic E-state index is -0.916. The number of benzene rings is 1. The van der Waals surface area contributed by atoms with Gasteiger partial charge in [0.05, 0.1) is 6.42 Å². The first-order valence-electron chi connectivity index (χ1n) is 6.59. The van der Waals surface area contributed by atoms with Gasteiger partial charge >= 0.3 is 0 Å². The first kappa shape index (κ1) is 13.9. The molecule has 19 heavy (non-hydrogen) atoms. The zero-order chi connectivity index (χ0) is 13.7. The quantitative estimate of drug-likeness (QED) is 0.854. The zero-order valence-corrected chi connectivity index (χ0v) is 10.7. The van der Waals surface area contributed by atoms with E-state index in [9.17, 15) is 13.6 Å². The van der Waals surface area contributed by atoms with Gasteiger partial charge in [-0.05, 0) is 43.5 Å². The highest BCUT2D eigenvalue weighted by atomic mass is 19.2. The van der Waals surface area contributed by atoms with Crippen molar-refractivity contribution in [3.63, 3.8) is 0 Å². The van der Waals surface area contributed by atoms with Gasteiger partial charge < -0.3 is 10.6 Å². The molecule has 3 nitrogen and oxygen atoms in total. The standard InChI is InChI=1S/C14H18F2N2O/c15-12-4-3-10(8-13(12)16)9-14(19)18-7-5-11-2-1-6-17-11/h3-4,8,11,17H,1-2,5-7,9H2,(H,18,19). The molecule has 0 spiro atoms. The van der Waals surface area contributed by atoms with Crippen molar-refractivity contribution in [2.45, 2.75) is 31.7 Å². The fourth-order valence-corrected chi connectivity index (χ4v) is 2.29. The van der Waals surface area contributed by atoms with Crippen LogP contribution in [0.3, 0.4) is 0 Å². The van der Waals surface area contributed by atoms with Crippen molar-refractivity contribution in [1.82, 2.24) is 10.6 Å². The summed E-state index contributed by atoms with van der Waals surface area (Å²) in [6.07, 6.45) is 3.32. The summed E-state index contributed by atoms with van der Waals surface area (Å²) in [5.74, 6) is -1.97. The average molecular weight is 268 g/mol. The van der Waals surface area contributed by atoms with Crippen molar-refractivity contribution in [3.05, 3.63) is 35.4 Å². The normalized spacial score (nSPS) is 18.5. The molecular formula is C14H18F2N2O. The monoisotopic (exact) mass is 268 g/mol. The molecule has 1 unspecified atom stereocenters.